The quantitative estimate of drug-likeness (QED) is 0.433. The van der Waals surface area contributed by atoms with Crippen LogP contribution >= 0.6 is 0 Å². The number of halogens is 3. The maximum absolute atomic E-state index is 12.7. The van der Waals surface area contributed by atoms with E-state index in [0.29, 0.717) is 19.4 Å². The molecule has 1 aliphatic rings. The first-order valence-corrected chi connectivity index (χ1v) is 8.41. The predicted octanol–water partition coefficient (Wildman–Crippen LogP) is 2.65. The molecule has 2 N–H and O–H groups in total. The van der Waals surface area contributed by atoms with Gasteiger partial charge in [-0.1, -0.05) is 6.07 Å². The topological polar surface area (TPSA) is 85.2 Å². The number of nitrogens with zero attached hydrogens (tertiary/aromatic N) is 2. The van der Waals surface area contributed by atoms with Crippen LogP contribution in [0, 0.1) is 11.3 Å². The van der Waals surface area contributed by atoms with E-state index in [1.54, 1.807) is 11.0 Å². The van der Waals surface area contributed by atoms with E-state index < -0.39 is 17.6 Å². The summed E-state index contributed by atoms with van der Waals surface area (Å²) < 4.78 is 38.1. The van der Waals surface area contributed by atoms with E-state index in [-0.39, 0.29) is 23.7 Å². The number of amides is 2. The van der Waals surface area contributed by atoms with Crippen LogP contribution in [0.4, 0.5) is 18.9 Å². The van der Waals surface area contributed by atoms with Gasteiger partial charge in [-0.25, -0.2) is 0 Å². The van der Waals surface area contributed by atoms with Gasteiger partial charge in [0.05, 0.1) is 5.56 Å². The molecule has 0 atom stereocenters. The minimum Gasteiger partial charge on any atom is -0.360 e. The molecule has 1 heterocycles. The fourth-order valence-corrected chi connectivity index (χ4v) is 2.60. The van der Waals surface area contributed by atoms with Gasteiger partial charge in [0.25, 0.3) is 5.91 Å². The van der Waals surface area contributed by atoms with Gasteiger partial charge >= 0.3 is 6.18 Å². The smallest absolute Gasteiger partial charge is 0.360 e. The number of nitrogens with one attached hydrogen (secondary N) is 2. The fourth-order valence-electron chi connectivity index (χ4n) is 2.60. The molecule has 2 amide bonds. The third-order valence-electron chi connectivity index (χ3n) is 4.00. The molecule has 1 aromatic carbocycles. The molecule has 144 valence electrons. The van der Waals surface area contributed by atoms with Crippen LogP contribution in [0.1, 0.15) is 24.8 Å². The van der Waals surface area contributed by atoms with Crippen molar-refractivity contribution >= 4 is 17.5 Å². The number of hydrogen-bond donors (Lipinski definition) is 2. The van der Waals surface area contributed by atoms with Crippen molar-refractivity contribution in [3.63, 3.8) is 0 Å². The van der Waals surface area contributed by atoms with E-state index in [1.807, 2.05) is 0 Å². The largest absolute Gasteiger partial charge is 0.416 e. The van der Waals surface area contributed by atoms with Crippen LogP contribution in [0.15, 0.2) is 36.0 Å². The van der Waals surface area contributed by atoms with Crippen molar-refractivity contribution in [2.45, 2.75) is 25.4 Å². The Labute approximate surface area is 154 Å². The Kier molecular flexibility index (Phi) is 6.82. The molecule has 1 saturated heterocycles. The van der Waals surface area contributed by atoms with Crippen LogP contribution in [-0.2, 0) is 15.8 Å². The van der Waals surface area contributed by atoms with Crippen molar-refractivity contribution in [2.75, 3.05) is 25.0 Å². The maximum atomic E-state index is 12.7. The molecule has 27 heavy (non-hydrogen) atoms. The number of hydrogen-bond acceptors (Lipinski definition) is 4. The minimum absolute atomic E-state index is 0.101. The average Bonchev–Trinajstić information content (AvgIpc) is 3.04. The van der Waals surface area contributed by atoms with Crippen LogP contribution < -0.4 is 10.6 Å². The van der Waals surface area contributed by atoms with E-state index in [4.69, 9.17) is 5.26 Å². The van der Waals surface area contributed by atoms with Crippen molar-refractivity contribution in [1.29, 1.82) is 5.26 Å². The molecule has 9 heteroatoms. The first-order chi connectivity index (χ1) is 12.8. The van der Waals surface area contributed by atoms with Crippen molar-refractivity contribution in [3.05, 3.63) is 41.6 Å². The molecule has 0 saturated carbocycles. The lowest BCUT2D eigenvalue weighted by molar-refractivity contribution is -0.137. The van der Waals surface area contributed by atoms with E-state index >= 15 is 0 Å². The lowest BCUT2D eigenvalue weighted by atomic mass is 10.2. The summed E-state index contributed by atoms with van der Waals surface area (Å²) in [6, 6.07) is 6.14. The van der Waals surface area contributed by atoms with Crippen LogP contribution in [0.2, 0.25) is 0 Å². The van der Waals surface area contributed by atoms with Gasteiger partial charge in [0.15, 0.2) is 0 Å². The molecule has 6 nitrogen and oxygen atoms in total. The number of benzene rings is 1. The first kappa shape index (κ1) is 20.3. The molecule has 0 aromatic heterocycles. The maximum Gasteiger partial charge on any atom is 0.416 e. The average molecular weight is 380 g/mol. The Hall–Kier alpha value is -3.02. The van der Waals surface area contributed by atoms with E-state index in [2.05, 4.69) is 10.6 Å². The molecule has 0 radical (unpaired) electrons. The summed E-state index contributed by atoms with van der Waals surface area (Å²) in [6.45, 7) is 1.54. The molecular formula is C18H19F3N4O2. The highest BCUT2D eigenvalue weighted by atomic mass is 19.4. The van der Waals surface area contributed by atoms with Crippen LogP contribution in [0.3, 0.4) is 0 Å². The normalized spacial score (nSPS) is 14.8. The zero-order valence-corrected chi connectivity index (χ0v) is 14.5. The summed E-state index contributed by atoms with van der Waals surface area (Å²) in [5.41, 5.74) is -0.983. The standard InChI is InChI=1S/C18H19F3N4O2/c19-18(20,21)14-4-1-5-15(10-14)24-12-13(11-22)17(27)23-7-3-9-25-8-2-6-16(25)26/h1,4-5,10,12,24H,2-3,6-9H2,(H,23,27)/b13-12-. The van der Waals surface area contributed by atoms with Gasteiger partial charge in [0.2, 0.25) is 5.91 Å². The number of anilines is 1. The van der Waals surface area contributed by atoms with Gasteiger partial charge in [0.1, 0.15) is 11.6 Å². The van der Waals surface area contributed by atoms with Crippen LogP contribution in [0.25, 0.3) is 0 Å². The Morgan fingerprint density at radius 3 is 2.78 bits per heavy atom. The second-order valence-electron chi connectivity index (χ2n) is 5.99. The van der Waals surface area contributed by atoms with Crippen molar-refractivity contribution < 1.29 is 22.8 Å². The first-order valence-electron chi connectivity index (χ1n) is 8.41. The van der Waals surface area contributed by atoms with Crippen LogP contribution in [0.5, 0.6) is 0 Å². The highest BCUT2D eigenvalue weighted by molar-refractivity contribution is 5.97. The Bertz CT molecular complexity index is 769. The number of likely N-dealkylation sites (tertiary alicyclic amines) is 1. The predicted molar refractivity (Wildman–Crippen MR) is 92.2 cm³/mol. The SMILES string of the molecule is N#C/C(=C/Nc1cccc(C(F)(F)F)c1)C(=O)NCCCN1CCCC1=O. The number of nitriles is 1. The summed E-state index contributed by atoms with van der Waals surface area (Å²) in [5, 5.41) is 14.2. The highest BCUT2D eigenvalue weighted by Crippen LogP contribution is 2.30. The summed E-state index contributed by atoms with van der Waals surface area (Å²) >= 11 is 0. The monoisotopic (exact) mass is 380 g/mol. The minimum atomic E-state index is -4.48. The summed E-state index contributed by atoms with van der Waals surface area (Å²) in [5.74, 6) is -0.533. The van der Waals surface area contributed by atoms with Crippen molar-refractivity contribution in [3.8, 4) is 6.07 Å². The van der Waals surface area contributed by atoms with Gasteiger partial charge in [0, 0.05) is 37.9 Å². The second kappa shape index (κ2) is 9.07. The summed E-state index contributed by atoms with van der Waals surface area (Å²) in [7, 11) is 0. The molecular weight excluding hydrogens is 361 g/mol. The van der Waals surface area contributed by atoms with E-state index in [1.165, 1.54) is 12.1 Å². The lowest BCUT2D eigenvalue weighted by Crippen LogP contribution is -2.31. The third-order valence-corrected chi connectivity index (χ3v) is 4.00. The van der Waals surface area contributed by atoms with Gasteiger partial charge in [-0.3, -0.25) is 9.59 Å². The zero-order valence-electron chi connectivity index (χ0n) is 14.5. The van der Waals surface area contributed by atoms with Gasteiger partial charge in [-0.2, -0.15) is 18.4 Å². The van der Waals surface area contributed by atoms with Crippen molar-refractivity contribution in [2.24, 2.45) is 0 Å². The molecule has 1 fully saturated rings. The van der Waals surface area contributed by atoms with Crippen LogP contribution in [-0.4, -0.2) is 36.3 Å². The molecule has 0 unspecified atom stereocenters. The Balaban J connectivity index is 1.85. The van der Waals surface area contributed by atoms with E-state index in [0.717, 1.165) is 31.3 Å². The fraction of sp³-hybridized carbons (Fsp3) is 0.389. The van der Waals surface area contributed by atoms with Gasteiger partial charge < -0.3 is 15.5 Å². The molecule has 0 aliphatic carbocycles. The number of carbonyl (C=O) groups excluding carboxylic acids is 2. The number of alkyl halides is 3. The zero-order chi connectivity index (χ0) is 19.9. The second-order valence-corrected chi connectivity index (χ2v) is 5.99. The molecule has 1 aromatic rings. The van der Waals surface area contributed by atoms with Gasteiger partial charge in [-0.15, -0.1) is 0 Å². The molecule has 0 spiro atoms. The van der Waals surface area contributed by atoms with E-state index in [9.17, 15) is 22.8 Å². The summed E-state index contributed by atoms with van der Waals surface area (Å²) in [4.78, 5) is 25.2. The molecule has 2 rings (SSSR count). The molecule has 1 aliphatic heterocycles. The third kappa shape index (κ3) is 6.02. The summed E-state index contributed by atoms with van der Waals surface area (Å²) in [6.07, 6.45) is -1.47. The number of rotatable bonds is 7. The lowest BCUT2D eigenvalue weighted by Gasteiger charge is -2.15. The Morgan fingerprint density at radius 1 is 1.37 bits per heavy atom. The highest BCUT2D eigenvalue weighted by Gasteiger charge is 2.30. The number of carbonyl (C=O) groups is 2. The Morgan fingerprint density at radius 2 is 2.15 bits per heavy atom. The molecule has 0 bridgehead atoms. The van der Waals surface area contributed by atoms with Crippen molar-refractivity contribution in [1.82, 2.24) is 10.2 Å². The van der Waals surface area contributed by atoms with Gasteiger partial charge in [-0.05, 0) is 31.0 Å².